The molecule has 2 N–H and O–H groups in total. The van der Waals surface area contributed by atoms with Crippen LogP contribution in [0.4, 0.5) is 0 Å². The molecular weight excluding hydrogens is 202 g/mol. The largest absolute Gasteiger partial charge is 0.481 e. The zero-order valence-corrected chi connectivity index (χ0v) is 11.1. The highest BCUT2D eigenvalue weighted by Crippen LogP contribution is 2.67. The molecular formula is C13H25NO2. The van der Waals surface area contributed by atoms with E-state index in [1.807, 2.05) is 0 Å². The predicted octanol–water partition coefficient (Wildman–Crippen LogP) is 2.51. The van der Waals surface area contributed by atoms with Crippen LogP contribution in [0.15, 0.2) is 0 Å². The number of carboxylic acids is 1. The Labute approximate surface area is 98.6 Å². The van der Waals surface area contributed by atoms with Gasteiger partial charge in [-0.2, -0.15) is 0 Å². The fraction of sp³-hybridized carbons (Fsp3) is 0.923. The Morgan fingerprint density at radius 2 is 1.81 bits per heavy atom. The number of carboxylic acid groups (broad SMARTS) is 1. The summed E-state index contributed by atoms with van der Waals surface area (Å²) in [5, 5.41) is 12.0. The molecule has 94 valence electrons. The van der Waals surface area contributed by atoms with Crippen molar-refractivity contribution in [3.63, 3.8) is 0 Å². The van der Waals surface area contributed by atoms with E-state index >= 15 is 0 Å². The molecule has 0 spiro atoms. The van der Waals surface area contributed by atoms with E-state index in [2.05, 4.69) is 39.9 Å². The van der Waals surface area contributed by atoms with Crippen LogP contribution >= 0.6 is 0 Å². The third-order valence-electron chi connectivity index (χ3n) is 4.78. The quantitative estimate of drug-likeness (QED) is 0.733. The summed E-state index contributed by atoms with van der Waals surface area (Å²) in [7, 11) is 0. The van der Waals surface area contributed by atoms with Gasteiger partial charge in [0.05, 0.1) is 0 Å². The Kier molecular flexibility index (Phi) is 3.68. The van der Waals surface area contributed by atoms with Gasteiger partial charge in [-0.3, -0.25) is 4.79 Å². The summed E-state index contributed by atoms with van der Waals surface area (Å²) in [6, 6.07) is 0.295. The number of nitrogens with one attached hydrogen (secondary N) is 1. The first-order chi connectivity index (χ1) is 7.19. The summed E-state index contributed by atoms with van der Waals surface area (Å²) in [6.07, 6.45) is 0.967. The fourth-order valence-electron chi connectivity index (χ4n) is 2.60. The molecule has 3 heteroatoms. The Bertz CT molecular complexity index is 257. The molecule has 0 saturated heterocycles. The van der Waals surface area contributed by atoms with Gasteiger partial charge in [0, 0.05) is 12.5 Å². The van der Waals surface area contributed by atoms with Crippen molar-refractivity contribution >= 4 is 5.97 Å². The maximum Gasteiger partial charge on any atom is 0.303 e. The molecule has 1 saturated carbocycles. The molecule has 1 rings (SSSR count). The van der Waals surface area contributed by atoms with Crippen LogP contribution < -0.4 is 5.32 Å². The zero-order chi connectivity index (χ0) is 12.6. The molecule has 0 bridgehead atoms. The van der Waals surface area contributed by atoms with Gasteiger partial charge >= 0.3 is 5.97 Å². The molecule has 16 heavy (non-hydrogen) atoms. The summed E-state index contributed by atoms with van der Waals surface area (Å²) in [5.74, 6) is -0.00647. The number of hydrogen-bond donors (Lipinski definition) is 2. The molecule has 1 aliphatic rings. The van der Waals surface area contributed by atoms with Crippen molar-refractivity contribution in [2.75, 3.05) is 6.54 Å². The van der Waals surface area contributed by atoms with Gasteiger partial charge < -0.3 is 10.4 Å². The first-order valence-corrected chi connectivity index (χ1v) is 6.14. The molecule has 3 nitrogen and oxygen atoms in total. The molecule has 0 heterocycles. The average Bonchev–Trinajstić information content (AvgIpc) is 2.51. The molecule has 0 amide bonds. The van der Waals surface area contributed by atoms with Gasteiger partial charge in [-0.25, -0.2) is 0 Å². The number of hydrogen-bond acceptors (Lipinski definition) is 2. The first kappa shape index (κ1) is 13.5. The van der Waals surface area contributed by atoms with E-state index in [-0.39, 0.29) is 6.42 Å². The Hall–Kier alpha value is -0.570. The Morgan fingerprint density at radius 1 is 1.31 bits per heavy atom. The van der Waals surface area contributed by atoms with Gasteiger partial charge in [-0.05, 0) is 36.6 Å². The van der Waals surface area contributed by atoms with Gasteiger partial charge in [0.25, 0.3) is 0 Å². The highest BCUT2D eigenvalue weighted by molar-refractivity contribution is 5.66. The Morgan fingerprint density at radius 3 is 2.19 bits per heavy atom. The summed E-state index contributed by atoms with van der Waals surface area (Å²) >= 11 is 0. The third kappa shape index (κ3) is 2.57. The molecule has 0 aromatic rings. The maximum absolute atomic E-state index is 10.4. The lowest BCUT2D eigenvalue weighted by atomic mass is 10.0. The molecule has 1 atom stereocenters. The van der Waals surface area contributed by atoms with E-state index in [1.54, 1.807) is 0 Å². The van der Waals surface area contributed by atoms with Crippen molar-refractivity contribution in [2.24, 2.45) is 16.7 Å². The summed E-state index contributed by atoms with van der Waals surface area (Å²) in [5.41, 5.74) is 0.818. The second kappa shape index (κ2) is 4.36. The van der Waals surface area contributed by atoms with Crippen LogP contribution in [0.5, 0.6) is 0 Å². The molecule has 0 radical (unpaired) electrons. The van der Waals surface area contributed by atoms with E-state index in [0.29, 0.717) is 29.2 Å². The van der Waals surface area contributed by atoms with Crippen molar-refractivity contribution in [1.29, 1.82) is 0 Å². The molecule has 0 aliphatic heterocycles. The average molecular weight is 227 g/mol. The lowest BCUT2D eigenvalue weighted by Crippen LogP contribution is -2.29. The van der Waals surface area contributed by atoms with Crippen LogP contribution in [0.1, 0.15) is 47.5 Å². The van der Waals surface area contributed by atoms with Crippen molar-refractivity contribution in [2.45, 2.75) is 53.5 Å². The van der Waals surface area contributed by atoms with Gasteiger partial charge in [0.15, 0.2) is 0 Å². The summed E-state index contributed by atoms with van der Waals surface area (Å²) < 4.78 is 0. The molecule has 1 unspecified atom stereocenters. The minimum atomic E-state index is -0.708. The van der Waals surface area contributed by atoms with Gasteiger partial charge in [0.1, 0.15) is 0 Å². The fourth-order valence-corrected chi connectivity index (χ4v) is 2.60. The highest BCUT2D eigenvalue weighted by Gasteiger charge is 2.63. The van der Waals surface area contributed by atoms with Crippen LogP contribution in [-0.4, -0.2) is 23.7 Å². The summed E-state index contributed by atoms with van der Waals surface area (Å²) in [6.45, 7) is 12.3. The molecule has 1 aliphatic carbocycles. The van der Waals surface area contributed by atoms with Crippen LogP contribution in [0, 0.1) is 16.7 Å². The van der Waals surface area contributed by atoms with Crippen LogP contribution in [0.2, 0.25) is 0 Å². The molecule has 0 aromatic carbocycles. The van der Waals surface area contributed by atoms with E-state index < -0.39 is 5.97 Å². The van der Waals surface area contributed by atoms with E-state index in [4.69, 9.17) is 5.11 Å². The lowest BCUT2D eigenvalue weighted by molar-refractivity contribution is -0.137. The number of carbonyl (C=O) groups is 1. The normalized spacial score (nSPS) is 24.1. The van der Waals surface area contributed by atoms with Crippen molar-refractivity contribution in [1.82, 2.24) is 5.32 Å². The number of rotatable bonds is 6. The van der Waals surface area contributed by atoms with Gasteiger partial charge in [0.2, 0.25) is 0 Å². The van der Waals surface area contributed by atoms with Crippen molar-refractivity contribution in [3.8, 4) is 0 Å². The smallest absolute Gasteiger partial charge is 0.303 e. The van der Waals surface area contributed by atoms with Crippen molar-refractivity contribution in [3.05, 3.63) is 0 Å². The number of aliphatic carboxylic acids is 1. The first-order valence-electron chi connectivity index (χ1n) is 6.14. The Balaban J connectivity index is 2.24. The second-order valence-electron chi connectivity index (χ2n) is 6.24. The van der Waals surface area contributed by atoms with Crippen LogP contribution in [-0.2, 0) is 4.79 Å². The minimum absolute atomic E-state index is 0.256. The summed E-state index contributed by atoms with van der Waals surface area (Å²) in [4.78, 5) is 10.4. The highest BCUT2D eigenvalue weighted by atomic mass is 16.4. The van der Waals surface area contributed by atoms with Crippen LogP contribution in [0.3, 0.4) is 0 Å². The van der Waals surface area contributed by atoms with E-state index in [0.717, 1.165) is 6.54 Å². The molecule has 0 aromatic heterocycles. The second-order valence-corrected chi connectivity index (χ2v) is 6.24. The predicted molar refractivity (Wildman–Crippen MR) is 65.4 cm³/mol. The minimum Gasteiger partial charge on any atom is -0.481 e. The zero-order valence-electron chi connectivity index (χ0n) is 11.1. The standard InChI is InChI=1S/C13H25NO2/c1-9(6-7-11(15)16)14-8-10-12(2,3)13(10,4)5/h9-10,14H,6-8H2,1-5H3,(H,15,16). The van der Waals surface area contributed by atoms with Gasteiger partial charge in [-0.1, -0.05) is 27.7 Å². The SMILES string of the molecule is CC(CCC(=O)O)NCC1C(C)(C)C1(C)C. The molecule has 1 fully saturated rings. The third-order valence-corrected chi connectivity index (χ3v) is 4.78. The topological polar surface area (TPSA) is 49.3 Å². The van der Waals surface area contributed by atoms with E-state index in [9.17, 15) is 4.79 Å². The van der Waals surface area contributed by atoms with Crippen molar-refractivity contribution < 1.29 is 9.90 Å². The van der Waals surface area contributed by atoms with Gasteiger partial charge in [-0.15, -0.1) is 0 Å². The maximum atomic E-state index is 10.4. The van der Waals surface area contributed by atoms with E-state index in [1.165, 1.54) is 0 Å². The lowest BCUT2D eigenvalue weighted by Gasteiger charge is -2.13. The monoisotopic (exact) mass is 227 g/mol. The van der Waals surface area contributed by atoms with Crippen LogP contribution in [0.25, 0.3) is 0 Å².